The zero-order valence-electron chi connectivity index (χ0n) is 5.78. The second kappa shape index (κ2) is 3.24. The van der Waals surface area contributed by atoms with Crippen LogP contribution in [0.25, 0.3) is 0 Å². The molecule has 1 rings (SSSR count). The summed E-state index contributed by atoms with van der Waals surface area (Å²) in [6.45, 7) is 1.78. The van der Waals surface area contributed by atoms with Crippen molar-refractivity contribution in [2.24, 2.45) is 11.7 Å². The van der Waals surface area contributed by atoms with Crippen molar-refractivity contribution in [2.75, 3.05) is 13.1 Å². The van der Waals surface area contributed by atoms with E-state index in [9.17, 15) is 0 Å². The highest BCUT2D eigenvalue weighted by atomic mass is 15.6. The molecule has 0 aromatic heterocycles. The van der Waals surface area contributed by atoms with Gasteiger partial charge in [-0.25, -0.2) is 10.9 Å². The number of hydrazine groups is 2. The molecule has 1 heterocycles. The summed E-state index contributed by atoms with van der Waals surface area (Å²) in [7, 11) is 0. The highest BCUT2D eigenvalue weighted by Gasteiger charge is 2.27. The minimum absolute atomic E-state index is 0.682. The first-order valence-electron chi connectivity index (χ1n) is 3.28. The molecule has 1 saturated heterocycles. The Kier molecular flexibility index (Phi) is 2.55. The van der Waals surface area contributed by atoms with E-state index in [0.29, 0.717) is 0 Å². The lowest BCUT2D eigenvalue weighted by Gasteiger charge is -2.37. The summed E-state index contributed by atoms with van der Waals surface area (Å²) in [6.07, 6.45) is 1.07. The summed E-state index contributed by atoms with van der Waals surface area (Å²) < 4.78 is 0. The monoisotopic (exact) mass is 146 g/mol. The molecule has 0 spiro atoms. The van der Waals surface area contributed by atoms with E-state index in [0.717, 1.165) is 19.5 Å². The molecule has 1 fully saturated rings. The van der Waals surface area contributed by atoms with Crippen molar-refractivity contribution in [1.82, 2.24) is 21.5 Å². The van der Waals surface area contributed by atoms with Gasteiger partial charge in [-0.2, -0.15) is 0 Å². The van der Waals surface area contributed by atoms with Crippen LogP contribution in [0.4, 0.5) is 0 Å². The van der Waals surface area contributed by atoms with E-state index in [2.05, 4.69) is 21.5 Å². The lowest BCUT2D eigenvalue weighted by atomic mass is 10.3. The van der Waals surface area contributed by atoms with Crippen LogP contribution in [0, 0.1) is 0 Å². The fourth-order valence-electron chi connectivity index (χ4n) is 0.948. The molecule has 60 valence electrons. The van der Waals surface area contributed by atoms with Crippen LogP contribution in [-0.2, 0) is 0 Å². The Hall–Kier alpha value is -0.240. The lowest BCUT2D eigenvalue weighted by Crippen LogP contribution is -2.79. The van der Waals surface area contributed by atoms with Gasteiger partial charge in [0.25, 0.3) is 0 Å². The molecule has 10 heavy (non-hydrogen) atoms. The average Bonchev–Trinajstić information content (AvgIpc) is 2.06. The second-order valence-electron chi connectivity index (χ2n) is 2.25. The van der Waals surface area contributed by atoms with Gasteiger partial charge in [-0.15, -0.1) is 0 Å². The lowest BCUT2D eigenvalue weighted by molar-refractivity contribution is 0.125. The number of rotatable bonds is 2. The molecular formula is C4H14N6. The van der Waals surface area contributed by atoms with Crippen molar-refractivity contribution in [2.45, 2.75) is 12.3 Å². The minimum atomic E-state index is -0.682. The molecular weight excluding hydrogens is 132 g/mol. The third kappa shape index (κ3) is 1.43. The highest BCUT2D eigenvalue weighted by Crippen LogP contribution is 1.92. The van der Waals surface area contributed by atoms with Crippen molar-refractivity contribution in [3.05, 3.63) is 0 Å². The molecule has 0 amide bonds. The molecule has 0 aromatic carbocycles. The number of hydrogen-bond acceptors (Lipinski definition) is 6. The number of nitrogens with one attached hydrogen (secondary N) is 4. The van der Waals surface area contributed by atoms with Crippen molar-refractivity contribution in [3.63, 3.8) is 0 Å². The fourth-order valence-corrected chi connectivity index (χ4v) is 0.948. The third-order valence-electron chi connectivity index (χ3n) is 1.57. The summed E-state index contributed by atoms with van der Waals surface area (Å²) in [5.41, 5.74) is 5.02. The summed E-state index contributed by atoms with van der Waals surface area (Å²) in [5, 5.41) is 6.10. The molecule has 6 heteroatoms. The Balaban J connectivity index is 2.44. The molecule has 0 unspecified atom stereocenters. The molecule has 0 radical (unpaired) electrons. The first-order valence-corrected chi connectivity index (χ1v) is 3.28. The van der Waals surface area contributed by atoms with Gasteiger partial charge in [0, 0.05) is 13.1 Å². The van der Waals surface area contributed by atoms with Crippen LogP contribution >= 0.6 is 0 Å². The van der Waals surface area contributed by atoms with E-state index >= 15 is 0 Å². The van der Waals surface area contributed by atoms with Crippen LogP contribution < -0.4 is 33.2 Å². The number of hydrogen-bond donors (Lipinski definition) is 6. The Labute approximate surface area is 59.6 Å². The van der Waals surface area contributed by atoms with Gasteiger partial charge in [0.2, 0.25) is 5.91 Å². The predicted octanol–water partition coefficient (Wildman–Crippen LogP) is -2.89. The first kappa shape index (κ1) is 7.86. The van der Waals surface area contributed by atoms with E-state index in [-0.39, 0.29) is 0 Å². The molecule has 1 aliphatic heterocycles. The quantitative estimate of drug-likeness (QED) is 0.142. The summed E-state index contributed by atoms with van der Waals surface area (Å²) in [4.78, 5) is 0. The van der Waals surface area contributed by atoms with E-state index in [1.165, 1.54) is 0 Å². The van der Waals surface area contributed by atoms with Crippen molar-refractivity contribution >= 4 is 0 Å². The summed E-state index contributed by atoms with van der Waals surface area (Å²) in [5.74, 6) is 9.78. The maximum atomic E-state index is 5.23. The van der Waals surface area contributed by atoms with E-state index in [1.807, 2.05) is 0 Å². The van der Waals surface area contributed by atoms with Gasteiger partial charge in [-0.05, 0) is 6.42 Å². The van der Waals surface area contributed by atoms with Crippen molar-refractivity contribution < 1.29 is 0 Å². The van der Waals surface area contributed by atoms with Crippen LogP contribution in [0.2, 0.25) is 0 Å². The predicted molar refractivity (Wildman–Crippen MR) is 38.0 cm³/mol. The van der Waals surface area contributed by atoms with Gasteiger partial charge >= 0.3 is 0 Å². The Morgan fingerprint density at radius 3 is 1.90 bits per heavy atom. The topological polar surface area (TPSA) is 100 Å². The zero-order valence-corrected chi connectivity index (χ0v) is 5.78. The zero-order chi connectivity index (χ0) is 7.45. The molecule has 0 bridgehead atoms. The Morgan fingerprint density at radius 2 is 1.60 bits per heavy atom. The van der Waals surface area contributed by atoms with Crippen molar-refractivity contribution in [3.8, 4) is 0 Å². The maximum absolute atomic E-state index is 5.23. The minimum Gasteiger partial charge on any atom is -0.272 e. The van der Waals surface area contributed by atoms with Gasteiger partial charge in [0.05, 0.1) is 0 Å². The van der Waals surface area contributed by atoms with Gasteiger partial charge in [0.15, 0.2) is 0 Å². The van der Waals surface area contributed by atoms with E-state index < -0.39 is 5.91 Å². The third-order valence-corrected chi connectivity index (χ3v) is 1.57. The summed E-state index contributed by atoms with van der Waals surface area (Å²) >= 11 is 0. The molecule has 0 aliphatic carbocycles. The van der Waals surface area contributed by atoms with E-state index in [1.54, 1.807) is 0 Å². The normalized spacial score (nSPS) is 24.6. The van der Waals surface area contributed by atoms with Gasteiger partial charge in [-0.1, -0.05) is 0 Å². The SMILES string of the molecule is NNC1(NN)NCCCN1. The second-order valence-corrected chi connectivity index (χ2v) is 2.25. The largest absolute Gasteiger partial charge is 0.272 e. The van der Waals surface area contributed by atoms with Gasteiger partial charge in [-0.3, -0.25) is 22.3 Å². The Bertz CT molecular complexity index is 91.9. The number of nitrogens with two attached hydrogens (primary N) is 2. The molecule has 0 saturated carbocycles. The standard InChI is InChI=1S/C4H14N6/c5-9-4(10-6)7-2-1-3-8-4/h7-10H,1-3,5-6H2. The van der Waals surface area contributed by atoms with Crippen LogP contribution in [0.5, 0.6) is 0 Å². The van der Waals surface area contributed by atoms with Crippen LogP contribution in [0.1, 0.15) is 6.42 Å². The van der Waals surface area contributed by atoms with Gasteiger partial charge in [0.1, 0.15) is 0 Å². The molecule has 6 nitrogen and oxygen atoms in total. The van der Waals surface area contributed by atoms with Crippen LogP contribution in [0.15, 0.2) is 0 Å². The average molecular weight is 146 g/mol. The van der Waals surface area contributed by atoms with Gasteiger partial charge < -0.3 is 0 Å². The fraction of sp³-hybridized carbons (Fsp3) is 1.00. The molecule has 8 N–H and O–H groups in total. The molecule has 1 aliphatic rings. The van der Waals surface area contributed by atoms with Crippen molar-refractivity contribution in [1.29, 1.82) is 0 Å². The van der Waals surface area contributed by atoms with Crippen LogP contribution in [-0.4, -0.2) is 19.0 Å². The van der Waals surface area contributed by atoms with E-state index in [4.69, 9.17) is 11.7 Å². The molecule has 0 atom stereocenters. The smallest absolute Gasteiger partial charge is 0.206 e. The Morgan fingerprint density at radius 1 is 1.10 bits per heavy atom. The van der Waals surface area contributed by atoms with Crippen LogP contribution in [0.3, 0.4) is 0 Å². The summed E-state index contributed by atoms with van der Waals surface area (Å²) in [6, 6.07) is 0. The molecule has 0 aromatic rings. The highest BCUT2D eigenvalue weighted by molar-refractivity contribution is 4.79. The maximum Gasteiger partial charge on any atom is 0.206 e. The first-order chi connectivity index (χ1) is 4.83.